The smallest absolute Gasteiger partial charge is 0.0192 e. The Kier molecular flexibility index (Phi) is 5.46. The average molecular weight is 253 g/mol. The molecule has 2 fully saturated rings. The van der Waals surface area contributed by atoms with Gasteiger partial charge in [-0.2, -0.15) is 0 Å². The Morgan fingerprint density at radius 2 is 1.78 bits per heavy atom. The van der Waals surface area contributed by atoms with E-state index in [4.69, 9.17) is 0 Å². The van der Waals surface area contributed by atoms with Gasteiger partial charge in [0, 0.05) is 24.7 Å². The van der Waals surface area contributed by atoms with Gasteiger partial charge in [0.15, 0.2) is 0 Å². The van der Waals surface area contributed by atoms with Crippen LogP contribution in [0.25, 0.3) is 0 Å². The van der Waals surface area contributed by atoms with Crippen molar-refractivity contribution in [3.63, 3.8) is 0 Å². The monoisotopic (exact) mass is 253 g/mol. The number of likely N-dealkylation sites (tertiary alicyclic amines) is 1. The van der Waals surface area contributed by atoms with E-state index in [2.05, 4.69) is 36.1 Å². The van der Waals surface area contributed by atoms with E-state index in [0.29, 0.717) is 6.04 Å². The Morgan fingerprint density at radius 1 is 1.17 bits per heavy atom. The molecule has 106 valence electrons. The van der Waals surface area contributed by atoms with Crippen molar-refractivity contribution in [2.75, 3.05) is 33.7 Å². The van der Waals surface area contributed by atoms with E-state index in [0.717, 1.165) is 18.6 Å². The van der Waals surface area contributed by atoms with Gasteiger partial charge in [-0.1, -0.05) is 12.8 Å². The van der Waals surface area contributed by atoms with Crippen molar-refractivity contribution in [3.8, 4) is 0 Å². The predicted octanol–water partition coefficient (Wildman–Crippen LogP) is 1.93. The van der Waals surface area contributed by atoms with Gasteiger partial charge in [-0.15, -0.1) is 0 Å². The molecular weight excluding hydrogens is 222 g/mol. The minimum Gasteiger partial charge on any atom is -0.312 e. The number of piperidine rings is 1. The predicted molar refractivity (Wildman–Crippen MR) is 78.0 cm³/mol. The SMILES string of the molecule is CC(CNC1CCCC1)N(C)C1CCN(C)CC1. The van der Waals surface area contributed by atoms with Crippen LogP contribution in [0, 0.1) is 0 Å². The zero-order valence-electron chi connectivity index (χ0n) is 12.5. The summed E-state index contributed by atoms with van der Waals surface area (Å²) in [5.74, 6) is 0. The van der Waals surface area contributed by atoms with Crippen molar-refractivity contribution in [3.05, 3.63) is 0 Å². The molecule has 18 heavy (non-hydrogen) atoms. The summed E-state index contributed by atoms with van der Waals surface area (Å²) < 4.78 is 0. The first-order valence-corrected chi connectivity index (χ1v) is 7.80. The molecule has 1 N–H and O–H groups in total. The fourth-order valence-corrected chi connectivity index (χ4v) is 3.37. The van der Waals surface area contributed by atoms with Crippen LogP contribution in [-0.2, 0) is 0 Å². The molecule has 2 aliphatic rings. The fraction of sp³-hybridized carbons (Fsp3) is 1.00. The zero-order valence-corrected chi connectivity index (χ0v) is 12.5. The first kappa shape index (κ1) is 14.3. The molecule has 0 amide bonds. The van der Waals surface area contributed by atoms with E-state index in [9.17, 15) is 0 Å². The Labute approximate surface area is 113 Å². The second-order valence-electron chi connectivity index (χ2n) is 6.44. The van der Waals surface area contributed by atoms with Crippen LogP contribution in [0.3, 0.4) is 0 Å². The van der Waals surface area contributed by atoms with Crippen LogP contribution in [-0.4, -0.2) is 61.7 Å². The number of likely N-dealkylation sites (N-methyl/N-ethyl adjacent to an activating group) is 1. The van der Waals surface area contributed by atoms with Crippen molar-refractivity contribution in [2.24, 2.45) is 0 Å². The molecule has 1 aliphatic heterocycles. The molecule has 0 spiro atoms. The highest BCUT2D eigenvalue weighted by atomic mass is 15.2. The summed E-state index contributed by atoms with van der Waals surface area (Å²) in [7, 11) is 4.55. The third kappa shape index (κ3) is 3.94. The second kappa shape index (κ2) is 6.88. The lowest BCUT2D eigenvalue weighted by Gasteiger charge is -2.38. The minimum absolute atomic E-state index is 0.666. The highest BCUT2D eigenvalue weighted by molar-refractivity contribution is 4.82. The number of hydrogen-bond donors (Lipinski definition) is 1. The molecule has 0 aromatic carbocycles. The van der Waals surface area contributed by atoms with Gasteiger partial charge in [-0.25, -0.2) is 0 Å². The normalized spacial score (nSPS) is 26.0. The summed E-state index contributed by atoms with van der Waals surface area (Å²) in [6.45, 7) is 6.06. The van der Waals surface area contributed by atoms with E-state index in [1.807, 2.05) is 0 Å². The Morgan fingerprint density at radius 3 is 2.39 bits per heavy atom. The quantitative estimate of drug-likeness (QED) is 0.808. The van der Waals surface area contributed by atoms with E-state index in [-0.39, 0.29) is 0 Å². The van der Waals surface area contributed by atoms with E-state index in [1.165, 1.54) is 51.6 Å². The van der Waals surface area contributed by atoms with Crippen LogP contribution < -0.4 is 5.32 Å². The topological polar surface area (TPSA) is 18.5 Å². The molecule has 0 radical (unpaired) electrons. The highest BCUT2D eigenvalue weighted by Crippen LogP contribution is 2.19. The maximum absolute atomic E-state index is 3.76. The van der Waals surface area contributed by atoms with Gasteiger partial charge in [0.2, 0.25) is 0 Å². The van der Waals surface area contributed by atoms with Gasteiger partial charge >= 0.3 is 0 Å². The summed E-state index contributed by atoms with van der Waals surface area (Å²) in [5.41, 5.74) is 0. The van der Waals surface area contributed by atoms with Crippen LogP contribution in [0.4, 0.5) is 0 Å². The third-order valence-corrected chi connectivity index (χ3v) is 5.02. The maximum atomic E-state index is 3.76. The molecule has 0 bridgehead atoms. The number of nitrogens with one attached hydrogen (secondary N) is 1. The Hall–Kier alpha value is -0.120. The van der Waals surface area contributed by atoms with Gasteiger partial charge in [0.25, 0.3) is 0 Å². The summed E-state index contributed by atoms with van der Waals surface area (Å²) in [4.78, 5) is 5.06. The lowest BCUT2D eigenvalue weighted by atomic mass is 10.0. The number of nitrogens with zero attached hydrogens (tertiary/aromatic N) is 2. The van der Waals surface area contributed by atoms with Crippen molar-refractivity contribution >= 4 is 0 Å². The second-order valence-corrected chi connectivity index (χ2v) is 6.44. The summed E-state index contributed by atoms with van der Waals surface area (Å²) in [6, 6.07) is 2.26. The minimum atomic E-state index is 0.666. The van der Waals surface area contributed by atoms with Gasteiger partial charge in [-0.05, 0) is 59.8 Å². The average Bonchev–Trinajstić information content (AvgIpc) is 2.89. The molecule has 1 atom stereocenters. The maximum Gasteiger partial charge on any atom is 0.0192 e. The van der Waals surface area contributed by atoms with Crippen LogP contribution in [0.15, 0.2) is 0 Å². The van der Waals surface area contributed by atoms with Gasteiger partial charge in [0.1, 0.15) is 0 Å². The van der Waals surface area contributed by atoms with Crippen LogP contribution >= 0.6 is 0 Å². The molecule has 0 aromatic heterocycles. The van der Waals surface area contributed by atoms with Gasteiger partial charge in [-0.3, -0.25) is 4.90 Å². The lowest BCUT2D eigenvalue weighted by molar-refractivity contribution is 0.111. The first-order valence-electron chi connectivity index (χ1n) is 7.80. The highest BCUT2D eigenvalue weighted by Gasteiger charge is 2.24. The fourth-order valence-electron chi connectivity index (χ4n) is 3.37. The molecule has 3 heteroatoms. The lowest BCUT2D eigenvalue weighted by Crippen LogP contribution is -2.49. The summed E-state index contributed by atoms with van der Waals surface area (Å²) in [6.07, 6.45) is 8.31. The molecule has 1 saturated carbocycles. The van der Waals surface area contributed by atoms with E-state index >= 15 is 0 Å². The molecule has 1 heterocycles. The van der Waals surface area contributed by atoms with Crippen LogP contribution in [0.1, 0.15) is 45.4 Å². The molecule has 1 unspecified atom stereocenters. The summed E-state index contributed by atoms with van der Waals surface area (Å²) >= 11 is 0. The largest absolute Gasteiger partial charge is 0.312 e. The van der Waals surface area contributed by atoms with Crippen LogP contribution in [0.2, 0.25) is 0 Å². The van der Waals surface area contributed by atoms with Crippen molar-refractivity contribution in [1.29, 1.82) is 0 Å². The van der Waals surface area contributed by atoms with E-state index in [1.54, 1.807) is 0 Å². The molecule has 1 aliphatic carbocycles. The van der Waals surface area contributed by atoms with Crippen molar-refractivity contribution in [1.82, 2.24) is 15.1 Å². The molecule has 2 rings (SSSR count). The van der Waals surface area contributed by atoms with E-state index < -0.39 is 0 Å². The molecular formula is C15H31N3. The summed E-state index contributed by atoms with van der Waals surface area (Å²) in [5, 5.41) is 3.76. The molecule has 1 saturated heterocycles. The first-order chi connectivity index (χ1) is 8.66. The molecule has 0 aromatic rings. The van der Waals surface area contributed by atoms with Crippen molar-refractivity contribution < 1.29 is 0 Å². The Balaban J connectivity index is 1.68. The van der Waals surface area contributed by atoms with Gasteiger partial charge in [0.05, 0.1) is 0 Å². The number of hydrogen-bond acceptors (Lipinski definition) is 3. The van der Waals surface area contributed by atoms with Gasteiger partial charge < -0.3 is 10.2 Å². The third-order valence-electron chi connectivity index (χ3n) is 5.02. The number of rotatable bonds is 5. The molecule has 3 nitrogen and oxygen atoms in total. The standard InChI is InChI=1S/C15H31N3/c1-13(12-16-14-6-4-5-7-14)18(3)15-8-10-17(2)11-9-15/h13-16H,4-12H2,1-3H3. The van der Waals surface area contributed by atoms with Crippen LogP contribution in [0.5, 0.6) is 0 Å². The zero-order chi connectivity index (χ0) is 13.0. The Bertz CT molecular complexity index is 230. The van der Waals surface area contributed by atoms with Crippen molar-refractivity contribution in [2.45, 2.75) is 63.6 Å².